The van der Waals surface area contributed by atoms with Crippen molar-refractivity contribution in [1.82, 2.24) is 4.90 Å². The summed E-state index contributed by atoms with van der Waals surface area (Å²) in [6.45, 7) is 6.89. The van der Waals surface area contributed by atoms with E-state index in [4.69, 9.17) is 11.8 Å². The Hall–Kier alpha value is -2.26. The van der Waals surface area contributed by atoms with Crippen LogP contribution in [0.5, 0.6) is 0 Å². The van der Waals surface area contributed by atoms with Crippen molar-refractivity contribution in [1.29, 1.82) is 5.26 Å². The lowest BCUT2D eigenvalue weighted by molar-refractivity contribution is 0.567. The van der Waals surface area contributed by atoms with E-state index in [0.717, 1.165) is 5.56 Å². The van der Waals surface area contributed by atoms with Crippen LogP contribution in [0.1, 0.15) is 11.1 Å². The van der Waals surface area contributed by atoms with Gasteiger partial charge in [-0.25, -0.2) is 4.85 Å². The van der Waals surface area contributed by atoms with E-state index < -0.39 is 0 Å². The summed E-state index contributed by atoms with van der Waals surface area (Å²) in [5, 5.41) is 8.87. The second-order valence-corrected chi connectivity index (χ2v) is 3.27. The van der Waals surface area contributed by atoms with Crippen molar-refractivity contribution < 1.29 is 0 Å². The van der Waals surface area contributed by atoms with Gasteiger partial charge in [-0.1, -0.05) is 12.1 Å². The molecular formula is C12H11N3. The van der Waals surface area contributed by atoms with Gasteiger partial charge in [0.1, 0.15) is 0 Å². The average Bonchev–Trinajstić information content (AvgIpc) is 2.25. The van der Waals surface area contributed by atoms with Crippen molar-refractivity contribution in [3.63, 3.8) is 0 Å². The van der Waals surface area contributed by atoms with Gasteiger partial charge in [0.15, 0.2) is 5.69 Å². The van der Waals surface area contributed by atoms with Crippen molar-refractivity contribution in [3.05, 3.63) is 46.9 Å². The Morgan fingerprint density at radius 3 is 2.73 bits per heavy atom. The fraction of sp³-hybridized carbons (Fsp3) is 0.167. The molecule has 0 saturated carbocycles. The zero-order chi connectivity index (χ0) is 11.3. The summed E-state index contributed by atoms with van der Waals surface area (Å²) in [6.07, 6.45) is 3.68. The summed E-state index contributed by atoms with van der Waals surface area (Å²) >= 11 is 0. The molecule has 0 heterocycles. The van der Waals surface area contributed by atoms with Gasteiger partial charge in [0.25, 0.3) is 0 Å². The smallest absolute Gasteiger partial charge is 0.187 e. The van der Waals surface area contributed by atoms with Gasteiger partial charge in [-0.05, 0) is 23.9 Å². The molecule has 0 bridgehead atoms. The molecule has 3 nitrogen and oxygen atoms in total. The van der Waals surface area contributed by atoms with Crippen molar-refractivity contribution in [3.8, 4) is 6.07 Å². The fourth-order valence-electron chi connectivity index (χ4n) is 1.09. The molecular weight excluding hydrogens is 186 g/mol. The third-order valence-corrected chi connectivity index (χ3v) is 1.84. The average molecular weight is 197 g/mol. The first-order valence-corrected chi connectivity index (χ1v) is 4.43. The minimum atomic E-state index is 0.549. The van der Waals surface area contributed by atoms with Crippen molar-refractivity contribution >= 4 is 11.8 Å². The van der Waals surface area contributed by atoms with E-state index in [0.29, 0.717) is 11.3 Å². The van der Waals surface area contributed by atoms with E-state index in [9.17, 15) is 0 Å². The Balaban J connectivity index is 3.15. The Bertz CT molecular complexity index is 459. The van der Waals surface area contributed by atoms with Crippen LogP contribution in [0, 0.1) is 17.9 Å². The first-order valence-electron chi connectivity index (χ1n) is 4.43. The number of hydrogen-bond acceptors (Lipinski definition) is 2. The minimum absolute atomic E-state index is 0.549. The molecule has 74 valence electrons. The summed E-state index contributed by atoms with van der Waals surface area (Å²) in [4.78, 5) is 5.21. The van der Waals surface area contributed by atoms with Gasteiger partial charge in [0.2, 0.25) is 0 Å². The Morgan fingerprint density at radius 2 is 2.20 bits per heavy atom. The lowest BCUT2D eigenvalue weighted by Crippen LogP contribution is -1.99. The first kappa shape index (κ1) is 10.8. The summed E-state index contributed by atoms with van der Waals surface area (Å²) in [5.41, 5.74) is 1.91. The molecule has 0 saturated heterocycles. The van der Waals surface area contributed by atoms with Crippen LogP contribution in [0.2, 0.25) is 0 Å². The fourth-order valence-corrected chi connectivity index (χ4v) is 1.09. The molecule has 0 aliphatic heterocycles. The zero-order valence-electron chi connectivity index (χ0n) is 8.73. The van der Waals surface area contributed by atoms with Crippen LogP contribution < -0.4 is 0 Å². The van der Waals surface area contributed by atoms with Gasteiger partial charge < -0.3 is 4.90 Å². The maximum Gasteiger partial charge on any atom is 0.187 e. The van der Waals surface area contributed by atoms with Crippen LogP contribution in [0.4, 0.5) is 5.69 Å². The summed E-state index contributed by atoms with van der Waals surface area (Å²) in [5.74, 6) is 0. The molecule has 0 amide bonds. The van der Waals surface area contributed by atoms with Gasteiger partial charge in [-0.3, -0.25) is 0 Å². The number of nitriles is 1. The van der Waals surface area contributed by atoms with Crippen molar-refractivity contribution in [2.24, 2.45) is 0 Å². The van der Waals surface area contributed by atoms with E-state index in [1.54, 1.807) is 18.2 Å². The summed E-state index contributed by atoms with van der Waals surface area (Å²) in [7, 11) is 3.81. The highest BCUT2D eigenvalue weighted by Crippen LogP contribution is 2.19. The van der Waals surface area contributed by atoms with Crippen LogP contribution in [0.15, 0.2) is 24.4 Å². The van der Waals surface area contributed by atoms with Gasteiger partial charge >= 0.3 is 0 Å². The largest absolute Gasteiger partial charge is 0.383 e. The van der Waals surface area contributed by atoms with E-state index in [1.807, 2.05) is 31.3 Å². The molecule has 0 radical (unpaired) electrons. The molecule has 0 unspecified atom stereocenters. The van der Waals surface area contributed by atoms with Gasteiger partial charge in [0.05, 0.1) is 18.2 Å². The molecule has 0 aliphatic carbocycles. The topological polar surface area (TPSA) is 31.4 Å². The molecule has 3 heteroatoms. The predicted octanol–water partition coefficient (Wildman–Crippen LogP) is 2.64. The third kappa shape index (κ3) is 2.86. The second kappa shape index (κ2) is 4.83. The molecule has 0 aromatic heterocycles. The lowest BCUT2D eigenvalue weighted by atomic mass is 10.1. The monoisotopic (exact) mass is 197 g/mol. The summed E-state index contributed by atoms with van der Waals surface area (Å²) < 4.78 is 0. The normalized spacial score (nSPS) is 9.60. The van der Waals surface area contributed by atoms with E-state index in [-0.39, 0.29) is 0 Å². The van der Waals surface area contributed by atoms with Crippen molar-refractivity contribution in [2.45, 2.75) is 0 Å². The number of hydrogen-bond donors (Lipinski definition) is 0. The quantitative estimate of drug-likeness (QED) is 0.682. The molecule has 1 aromatic rings. The first-order chi connectivity index (χ1) is 7.17. The zero-order valence-corrected chi connectivity index (χ0v) is 8.73. The Labute approximate surface area is 89.7 Å². The molecule has 0 atom stereocenters. The second-order valence-electron chi connectivity index (χ2n) is 3.27. The van der Waals surface area contributed by atoms with Crippen LogP contribution in [0.25, 0.3) is 10.9 Å². The lowest BCUT2D eigenvalue weighted by Gasteiger charge is -2.04. The molecule has 0 N–H and O–H groups in total. The maximum atomic E-state index is 8.87. The molecule has 0 spiro atoms. The Kier molecular flexibility index (Phi) is 3.49. The third-order valence-electron chi connectivity index (χ3n) is 1.84. The minimum Gasteiger partial charge on any atom is -0.383 e. The maximum absolute atomic E-state index is 8.87. The van der Waals surface area contributed by atoms with Crippen LogP contribution in [-0.4, -0.2) is 19.0 Å². The molecule has 1 aromatic carbocycles. The van der Waals surface area contributed by atoms with E-state index in [2.05, 4.69) is 10.9 Å². The predicted molar refractivity (Wildman–Crippen MR) is 60.1 cm³/mol. The molecule has 0 fully saturated rings. The highest BCUT2D eigenvalue weighted by molar-refractivity contribution is 5.64. The van der Waals surface area contributed by atoms with Crippen LogP contribution in [0.3, 0.4) is 0 Å². The van der Waals surface area contributed by atoms with Crippen LogP contribution >= 0.6 is 0 Å². The SMILES string of the molecule is [C-]#[N+]c1ccc(C#N)c(C=CN(C)C)c1. The van der Waals surface area contributed by atoms with E-state index >= 15 is 0 Å². The van der Waals surface area contributed by atoms with Crippen LogP contribution in [-0.2, 0) is 0 Å². The van der Waals surface area contributed by atoms with E-state index in [1.165, 1.54) is 0 Å². The number of nitrogens with zero attached hydrogens (tertiary/aromatic N) is 3. The molecule has 0 aliphatic rings. The van der Waals surface area contributed by atoms with Gasteiger partial charge in [-0.15, -0.1) is 0 Å². The highest BCUT2D eigenvalue weighted by Gasteiger charge is 1.99. The highest BCUT2D eigenvalue weighted by atomic mass is 15.0. The molecule has 1 rings (SSSR count). The van der Waals surface area contributed by atoms with Gasteiger partial charge in [0, 0.05) is 14.1 Å². The molecule has 15 heavy (non-hydrogen) atoms. The Morgan fingerprint density at radius 1 is 1.47 bits per heavy atom. The van der Waals surface area contributed by atoms with Gasteiger partial charge in [-0.2, -0.15) is 5.26 Å². The number of benzene rings is 1. The summed E-state index contributed by atoms with van der Waals surface area (Å²) in [6, 6.07) is 7.13. The standard InChI is InChI=1S/C12H11N3/c1-14-12-5-4-11(9-13)10(8-12)6-7-15(2)3/h4-8H,2-3H3. The van der Waals surface area contributed by atoms with Crippen molar-refractivity contribution in [2.75, 3.05) is 14.1 Å². The number of rotatable bonds is 2.